The van der Waals surface area contributed by atoms with Crippen molar-refractivity contribution >= 4 is 28.9 Å². The first-order valence-corrected chi connectivity index (χ1v) is 16.9. The highest BCUT2D eigenvalue weighted by molar-refractivity contribution is 5.93. The predicted octanol–water partition coefficient (Wildman–Crippen LogP) is 6.53. The Morgan fingerprint density at radius 2 is 1.83 bits per heavy atom. The maximum atomic E-state index is 16.1. The third-order valence-electron chi connectivity index (χ3n) is 10.9. The summed E-state index contributed by atoms with van der Waals surface area (Å²) < 4.78 is 49.8. The normalized spacial score (nSPS) is 34.1. The minimum Gasteiger partial charge on any atom is -0.497 e. The molecule has 1 amide bonds. The molecular formula is C35H45F2N3O7. The molecule has 2 bridgehead atoms. The number of carboxylic acids is 1. The molecule has 6 rings (SSSR count). The summed E-state index contributed by atoms with van der Waals surface area (Å²) in [6, 6.07) is 3.72. The van der Waals surface area contributed by atoms with Gasteiger partial charge in [0.25, 0.3) is 5.92 Å². The fourth-order valence-electron chi connectivity index (χ4n) is 8.42. The zero-order valence-corrected chi connectivity index (χ0v) is 27.6. The van der Waals surface area contributed by atoms with E-state index in [-0.39, 0.29) is 41.8 Å². The van der Waals surface area contributed by atoms with Gasteiger partial charge in [0.2, 0.25) is 5.88 Å². The van der Waals surface area contributed by atoms with Crippen LogP contribution < -0.4 is 14.8 Å². The largest absolute Gasteiger partial charge is 0.497 e. The van der Waals surface area contributed by atoms with E-state index in [1.54, 1.807) is 45.9 Å². The molecule has 9 atom stereocenters. The van der Waals surface area contributed by atoms with Crippen LogP contribution in [0.15, 0.2) is 18.2 Å². The molecule has 1 aromatic carbocycles. The Kier molecular flexibility index (Phi) is 8.84. The number of carbonyl (C=O) groups excluding carboxylic acids is 2. The number of carboxylic acid groups (broad SMARTS) is 1. The third-order valence-corrected chi connectivity index (χ3v) is 10.9. The van der Waals surface area contributed by atoms with Crippen molar-refractivity contribution in [2.75, 3.05) is 7.11 Å². The number of ketones is 1. The quantitative estimate of drug-likeness (QED) is 0.377. The van der Waals surface area contributed by atoms with Crippen LogP contribution in [0.1, 0.15) is 84.8 Å². The molecule has 4 aliphatic rings. The number of hydrogen-bond donors (Lipinski definition) is 2. The molecule has 1 aliphatic heterocycles. The topological polar surface area (TPSA) is 137 Å². The van der Waals surface area contributed by atoms with Crippen LogP contribution in [-0.4, -0.2) is 58.3 Å². The van der Waals surface area contributed by atoms with E-state index < -0.39 is 71.2 Å². The van der Waals surface area contributed by atoms with Gasteiger partial charge in [-0.15, -0.1) is 0 Å². The van der Waals surface area contributed by atoms with Gasteiger partial charge in [-0.1, -0.05) is 34.1 Å². The molecule has 12 heteroatoms. The summed E-state index contributed by atoms with van der Waals surface area (Å²) in [6.45, 7) is 7.20. The fraction of sp³-hybridized carbons (Fsp3) is 0.686. The Morgan fingerprint density at radius 1 is 1.06 bits per heavy atom. The highest BCUT2D eigenvalue weighted by Crippen LogP contribution is 2.58. The number of nitrogens with zero attached hydrogens (tertiary/aromatic N) is 2. The van der Waals surface area contributed by atoms with Crippen molar-refractivity contribution in [2.45, 2.75) is 103 Å². The van der Waals surface area contributed by atoms with Crippen molar-refractivity contribution in [3.63, 3.8) is 0 Å². The Labute approximate surface area is 273 Å². The number of ether oxygens (including phenoxy) is 3. The molecule has 2 aromatic rings. The third kappa shape index (κ3) is 6.48. The van der Waals surface area contributed by atoms with Crippen molar-refractivity contribution in [3.05, 3.63) is 23.9 Å². The minimum absolute atomic E-state index is 0.0471. The van der Waals surface area contributed by atoms with Crippen LogP contribution >= 0.6 is 0 Å². The SMILES string of the molecule is CC[C@@H]1[C@@H]2CC(C(=O)[C@H](C(C)(C)C)NC(=O)O[C@@H]3CC4C[C@@H]4[C@H]3CCCCC(F)(F)c3nc4ccc(OC)cc4nc3O2)[C@@H]1C(=O)O. The van der Waals surface area contributed by atoms with Gasteiger partial charge in [-0.25, -0.2) is 14.8 Å². The summed E-state index contributed by atoms with van der Waals surface area (Å²) in [7, 11) is 1.48. The molecular weight excluding hydrogens is 612 g/mol. The Balaban J connectivity index is 1.43. The average molecular weight is 658 g/mol. The number of alkyl carbamates (subject to hydrolysis) is 1. The van der Waals surface area contributed by atoms with Gasteiger partial charge in [0.1, 0.15) is 18.0 Å². The fourth-order valence-corrected chi connectivity index (χ4v) is 8.42. The number of carbonyl (C=O) groups is 3. The Bertz CT molecular complexity index is 1550. The molecule has 3 saturated carbocycles. The lowest BCUT2D eigenvalue weighted by atomic mass is 9.76. The van der Waals surface area contributed by atoms with Gasteiger partial charge >= 0.3 is 12.1 Å². The van der Waals surface area contributed by atoms with Gasteiger partial charge in [0, 0.05) is 24.3 Å². The lowest BCUT2D eigenvalue weighted by Gasteiger charge is -2.33. The summed E-state index contributed by atoms with van der Waals surface area (Å²) in [5.74, 6) is -6.91. The number of methoxy groups -OCH3 is 1. The highest BCUT2D eigenvalue weighted by atomic mass is 19.3. The number of aliphatic carboxylic acids is 1. The van der Waals surface area contributed by atoms with Crippen molar-refractivity contribution in [1.82, 2.24) is 15.3 Å². The van der Waals surface area contributed by atoms with E-state index in [1.807, 2.05) is 0 Å². The molecule has 2 N–H and O–H groups in total. The molecule has 47 heavy (non-hydrogen) atoms. The Hall–Kier alpha value is -3.57. The van der Waals surface area contributed by atoms with Crippen LogP contribution in [0.3, 0.4) is 0 Å². The van der Waals surface area contributed by atoms with Crippen LogP contribution in [0.2, 0.25) is 0 Å². The van der Waals surface area contributed by atoms with Crippen molar-refractivity contribution in [2.24, 2.45) is 40.9 Å². The van der Waals surface area contributed by atoms with Crippen LogP contribution in [0.25, 0.3) is 11.0 Å². The predicted molar refractivity (Wildman–Crippen MR) is 167 cm³/mol. The van der Waals surface area contributed by atoms with E-state index in [0.717, 1.165) is 12.8 Å². The number of amides is 1. The zero-order chi connectivity index (χ0) is 33.8. The molecule has 1 aromatic heterocycles. The molecule has 3 aliphatic carbocycles. The molecule has 2 heterocycles. The monoisotopic (exact) mass is 657 g/mol. The molecule has 256 valence electrons. The second-order valence-electron chi connectivity index (χ2n) is 15.0. The van der Waals surface area contributed by atoms with Gasteiger partial charge in [-0.05, 0) is 73.8 Å². The first-order chi connectivity index (χ1) is 22.2. The van der Waals surface area contributed by atoms with Crippen molar-refractivity contribution < 1.29 is 42.5 Å². The summed E-state index contributed by atoms with van der Waals surface area (Å²) in [5.41, 5.74) is -0.830. The average Bonchev–Trinajstić information content (AvgIpc) is 3.54. The molecule has 0 radical (unpaired) electrons. The Morgan fingerprint density at radius 3 is 2.51 bits per heavy atom. The summed E-state index contributed by atoms with van der Waals surface area (Å²) in [5, 5.41) is 13.2. The number of benzene rings is 1. The standard InChI is InChI=1S/C35H45F2N3O7/c1-6-19-26-16-22(27(19)32(42)43)28(41)29(34(2,3)4)40-33(44)47-25-14-17-13-21(17)20(25)9-7-8-12-35(36,37)30-31(46-26)39-24-15-18(45-5)10-11-23(24)38-30/h10-11,15,17,19-22,25-27,29H,6-9,12-14,16H2,1-5H3,(H,40,44)(H,42,43)/t17?,19-,20-,21+,22?,25-,26+,27-,29-/m1/s1. The lowest BCUT2D eigenvalue weighted by molar-refractivity contribution is -0.148. The number of alkyl halides is 2. The lowest BCUT2D eigenvalue weighted by Crippen LogP contribution is -2.53. The smallest absolute Gasteiger partial charge is 0.408 e. The summed E-state index contributed by atoms with van der Waals surface area (Å²) in [4.78, 5) is 49.2. The van der Waals surface area contributed by atoms with Crippen molar-refractivity contribution in [1.29, 1.82) is 0 Å². The van der Waals surface area contributed by atoms with Crippen LogP contribution in [-0.2, 0) is 20.2 Å². The number of Topliss-reactive ketones (excluding diaryl/α,β-unsaturated/α-hetero) is 1. The maximum absolute atomic E-state index is 16.1. The van der Waals surface area contributed by atoms with E-state index in [0.29, 0.717) is 36.8 Å². The van der Waals surface area contributed by atoms with Crippen molar-refractivity contribution in [3.8, 4) is 11.6 Å². The number of aromatic nitrogens is 2. The van der Waals surface area contributed by atoms with Crippen LogP contribution in [0, 0.1) is 40.9 Å². The van der Waals surface area contributed by atoms with Gasteiger partial charge < -0.3 is 24.6 Å². The van der Waals surface area contributed by atoms with Gasteiger partial charge in [-0.3, -0.25) is 9.59 Å². The van der Waals surface area contributed by atoms with Gasteiger partial charge in [-0.2, -0.15) is 8.78 Å². The molecule has 0 spiro atoms. The van der Waals surface area contributed by atoms with Crippen LogP contribution in [0.4, 0.5) is 13.6 Å². The molecule has 10 nitrogen and oxygen atoms in total. The van der Waals surface area contributed by atoms with E-state index in [4.69, 9.17) is 14.2 Å². The van der Waals surface area contributed by atoms with Gasteiger partial charge in [0.05, 0.1) is 30.1 Å². The van der Waals surface area contributed by atoms with E-state index >= 15 is 8.78 Å². The molecule has 2 unspecified atom stereocenters. The number of rotatable bonds is 3. The van der Waals surface area contributed by atoms with Crippen LogP contribution in [0.5, 0.6) is 11.6 Å². The molecule has 3 fully saturated rings. The second-order valence-corrected chi connectivity index (χ2v) is 15.0. The van der Waals surface area contributed by atoms with Gasteiger partial charge in [0.15, 0.2) is 11.5 Å². The number of nitrogens with one attached hydrogen (secondary N) is 1. The second kappa shape index (κ2) is 12.5. The molecule has 0 saturated heterocycles. The van der Waals surface area contributed by atoms with E-state index in [2.05, 4.69) is 15.3 Å². The number of halogens is 2. The first kappa shape index (κ1) is 33.3. The summed E-state index contributed by atoms with van der Waals surface area (Å²) in [6.07, 6.45) is 0.934. The number of hydrogen-bond acceptors (Lipinski definition) is 8. The first-order valence-electron chi connectivity index (χ1n) is 16.9. The minimum atomic E-state index is -3.39. The zero-order valence-electron chi connectivity index (χ0n) is 27.6. The number of fused-ring (bicyclic) bond motifs is 7. The summed E-state index contributed by atoms with van der Waals surface area (Å²) >= 11 is 0. The maximum Gasteiger partial charge on any atom is 0.408 e. The van der Waals surface area contributed by atoms with E-state index in [1.165, 1.54) is 7.11 Å². The highest BCUT2D eigenvalue weighted by Gasteiger charge is 2.56. The van der Waals surface area contributed by atoms with E-state index in [9.17, 15) is 19.5 Å².